The topological polar surface area (TPSA) is 70.2 Å². The Morgan fingerprint density at radius 1 is 1.04 bits per heavy atom. The van der Waals surface area contributed by atoms with Gasteiger partial charge in [0.1, 0.15) is 0 Å². The minimum atomic E-state index is -0.132. The second-order valence-electron chi connectivity index (χ2n) is 6.15. The van der Waals surface area contributed by atoms with E-state index in [2.05, 4.69) is 38.5 Å². The van der Waals surface area contributed by atoms with Crippen LogP contribution in [0.25, 0.3) is 0 Å². The second kappa shape index (κ2) is 7.86. The Bertz CT molecular complexity index is 786. The first kappa shape index (κ1) is 17.7. The summed E-state index contributed by atoms with van der Waals surface area (Å²) in [5, 5.41) is 8.93. The molecule has 3 rings (SSSR count). The molecule has 1 fully saturated rings. The molecule has 2 aromatic rings. The van der Waals surface area contributed by atoms with E-state index in [0.29, 0.717) is 5.69 Å². The van der Waals surface area contributed by atoms with E-state index in [1.165, 1.54) is 0 Å². The third kappa shape index (κ3) is 4.94. The fraction of sp³-hybridized carbons (Fsp3) is 0.263. The summed E-state index contributed by atoms with van der Waals surface area (Å²) in [5.41, 5.74) is 3.22. The summed E-state index contributed by atoms with van der Waals surface area (Å²) in [4.78, 5) is 24.1. The van der Waals surface area contributed by atoms with Crippen molar-refractivity contribution in [3.05, 3.63) is 51.6 Å². The number of amides is 2. The van der Waals surface area contributed by atoms with Crippen LogP contribution >= 0.6 is 22.6 Å². The number of rotatable bonds is 6. The molecule has 2 aromatic carbocycles. The highest BCUT2D eigenvalue weighted by Crippen LogP contribution is 2.31. The maximum Gasteiger partial charge on any atom is 0.243 e. The number of nitrogens with one attached hydrogen (secondary N) is 3. The largest absolute Gasteiger partial charge is 0.376 e. The van der Waals surface area contributed by atoms with Gasteiger partial charge in [-0.25, -0.2) is 0 Å². The Kier molecular flexibility index (Phi) is 5.57. The van der Waals surface area contributed by atoms with E-state index in [0.717, 1.165) is 33.4 Å². The van der Waals surface area contributed by atoms with Crippen LogP contribution in [0.5, 0.6) is 0 Å². The summed E-state index contributed by atoms with van der Waals surface area (Å²) in [6.07, 6.45) is 1.93. The fourth-order valence-electron chi connectivity index (χ4n) is 2.43. The van der Waals surface area contributed by atoms with Crippen molar-refractivity contribution in [3.63, 3.8) is 0 Å². The maximum absolute atomic E-state index is 12.2. The van der Waals surface area contributed by atoms with E-state index < -0.39 is 0 Å². The Balaban J connectivity index is 1.58. The summed E-state index contributed by atoms with van der Waals surface area (Å²) in [5.74, 6) is 0.0788. The zero-order valence-corrected chi connectivity index (χ0v) is 16.1. The van der Waals surface area contributed by atoms with Crippen LogP contribution in [-0.2, 0) is 9.59 Å². The summed E-state index contributed by atoms with van der Waals surface area (Å²) in [6.45, 7) is 2.07. The number of halogens is 1. The van der Waals surface area contributed by atoms with Crippen molar-refractivity contribution in [2.75, 3.05) is 22.5 Å². The van der Waals surface area contributed by atoms with Crippen LogP contribution in [0, 0.1) is 16.4 Å². The monoisotopic (exact) mass is 449 g/mol. The molecule has 0 spiro atoms. The van der Waals surface area contributed by atoms with Crippen LogP contribution in [0.2, 0.25) is 0 Å². The number of carbonyl (C=O) groups excluding carboxylic acids is 2. The van der Waals surface area contributed by atoms with Gasteiger partial charge >= 0.3 is 0 Å². The lowest BCUT2D eigenvalue weighted by Gasteiger charge is -2.14. The van der Waals surface area contributed by atoms with E-state index in [1.54, 1.807) is 0 Å². The average molecular weight is 449 g/mol. The van der Waals surface area contributed by atoms with Crippen molar-refractivity contribution in [1.82, 2.24) is 0 Å². The Morgan fingerprint density at radius 2 is 1.68 bits per heavy atom. The molecular weight excluding hydrogens is 429 g/mol. The lowest BCUT2D eigenvalue weighted by molar-refractivity contribution is -0.117. The Labute approximate surface area is 160 Å². The maximum atomic E-state index is 12.2. The summed E-state index contributed by atoms with van der Waals surface area (Å²) >= 11 is 2.24. The van der Waals surface area contributed by atoms with E-state index in [1.807, 2.05) is 49.4 Å². The molecule has 0 unspecified atom stereocenters. The van der Waals surface area contributed by atoms with Crippen molar-refractivity contribution in [2.24, 2.45) is 5.92 Å². The first-order valence-corrected chi connectivity index (χ1v) is 9.30. The number of benzene rings is 2. The van der Waals surface area contributed by atoms with Crippen LogP contribution in [0.1, 0.15) is 18.4 Å². The molecule has 1 aliphatic rings. The third-order valence-corrected chi connectivity index (χ3v) is 4.83. The van der Waals surface area contributed by atoms with Crippen LogP contribution in [-0.4, -0.2) is 18.4 Å². The van der Waals surface area contributed by atoms with Gasteiger partial charge in [-0.1, -0.05) is 6.07 Å². The van der Waals surface area contributed by atoms with Crippen molar-refractivity contribution in [1.29, 1.82) is 0 Å². The van der Waals surface area contributed by atoms with Crippen LogP contribution in [0.15, 0.2) is 42.5 Å². The number of hydrogen-bond acceptors (Lipinski definition) is 3. The normalized spacial score (nSPS) is 13.2. The summed E-state index contributed by atoms with van der Waals surface area (Å²) in [6, 6.07) is 13.4. The van der Waals surface area contributed by atoms with Gasteiger partial charge < -0.3 is 16.0 Å². The third-order valence-electron chi connectivity index (χ3n) is 4.11. The van der Waals surface area contributed by atoms with Gasteiger partial charge in [0.15, 0.2) is 0 Å². The minimum Gasteiger partial charge on any atom is -0.376 e. The molecule has 1 aliphatic carbocycles. The lowest BCUT2D eigenvalue weighted by Crippen LogP contribution is -2.22. The van der Waals surface area contributed by atoms with Gasteiger partial charge in [-0.3, -0.25) is 9.59 Å². The van der Waals surface area contributed by atoms with Crippen molar-refractivity contribution in [2.45, 2.75) is 19.8 Å². The SMILES string of the molecule is Cc1c(NC(=O)CNc2ccc(I)cc2)cccc1NC(=O)C1CC1. The first-order chi connectivity index (χ1) is 12.0. The van der Waals surface area contributed by atoms with Gasteiger partial charge in [-0.2, -0.15) is 0 Å². The number of hydrogen-bond donors (Lipinski definition) is 3. The molecule has 2 amide bonds. The van der Waals surface area contributed by atoms with E-state index in [-0.39, 0.29) is 24.3 Å². The molecule has 0 bridgehead atoms. The second-order valence-corrected chi connectivity index (χ2v) is 7.40. The van der Waals surface area contributed by atoms with Gasteiger partial charge in [0.25, 0.3) is 0 Å². The summed E-state index contributed by atoms with van der Waals surface area (Å²) < 4.78 is 1.15. The van der Waals surface area contributed by atoms with Gasteiger partial charge in [0.05, 0.1) is 6.54 Å². The van der Waals surface area contributed by atoms with E-state index >= 15 is 0 Å². The van der Waals surface area contributed by atoms with Crippen LogP contribution < -0.4 is 16.0 Å². The predicted molar refractivity (Wildman–Crippen MR) is 109 cm³/mol. The lowest BCUT2D eigenvalue weighted by atomic mass is 10.1. The molecule has 0 heterocycles. The molecule has 0 aromatic heterocycles. The molecular formula is C19H20IN3O2. The Hall–Kier alpha value is -2.09. The van der Waals surface area contributed by atoms with E-state index in [4.69, 9.17) is 0 Å². The zero-order valence-electron chi connectivity index (χ0n) is 13.9. The van der Waals surface area contributed by atoms with Crippen molar-refractivity contribution < 1.29 is 9.59 Å². The van der Waals surface area contributed by atoms with Crippen molar-refractivity contribution in [3.8, 4) is 0 Å². The highest BCUT2D eigenvalue weighted by atomic mass is 127. The molecule has 130 valence electrons. The molecule has 6 heteroatoms. The predicted octanol–water partition coefficient (Wildman–Crippen LogP) is 4.00. The number of anilines is 3. The van der Waals surface area contributed by atoms with Gasteiger partial charge in [-0.05, 0) is 84.3 Å². The highest BCUT2D eigenvalue weighted by Gasteiger charge is 2.29. The molecule has 25 heavy (non-hydrogen) atoms. The quantitative estimate of drug-likeness (QED) is 0.584. The molecule has 1 saturated carbocycles. The van der Waals surface area contributed by atoms with Crippen LogP contribution in [0.4, 0.5) is 17.1 Å². The van der Waals surface area contributed by atoms with Crippen LogP contribution in [0.3, 0.4) is 0 Å². The molecule has 3 N–H and O–H groups in total. The summed E-state index contributed by atoms with van der Waals surface area (Å²) in [7, 11) is 0. The van der Waals surface area contributed by atoms with Gasteiger partial charge in [-0.15, -0.1) is 0 Å². The Morgan fingerprint density at radius 3 is 2.32 bits per heavy atom. The van der Waals surface area contributed by atoms with E-state index in [9.17, 15) is 9.59 Å². The van der Waals surface area contributed by atoms with Gasteiger partial charge in [0, 0.05) is 26.6 Å². The molecule has 0 aliphatic heterocycles. The molecule has 0 atom stereocenters. The molecule has 0 radical (unpaired) electrons. The molecule has 5 nitrogen and oxygen atoms in total. The van der Waals surface area contributed by atoms with Gasteiger partial charge in [0.2, 0.25) is 11.8 Å². The number of carbonyl (C=O) groups is 2. The first-order valence-electron chi connectivity index (χ1n) is 8.22. The highest BCUT2D eigenvalue weighted by molar-refractivity contribution is 14.1. The van der Waals surface area contributed by atoms with Crippen molar-refractivity contribution >= 4 is 51.5 Å². The fourth-order valence-corrected chi connectivity index (χ4v) is 2.79. The smallest absolute Gasteiger partial charge is 0.243 e. The standard InChI is InChI=1S/C19H20IN3O2/c1-12-16(3-2-4-17(12)23-19(25)13-5-6-13)22-18(24)11-21-15-9-7-14(20)8-10-15/h2-4,7-10,13,21H,5-6,11H2,1H3,(H,22,24)(H,23,25). The molecule has 0 saturated heterocycles. The minimum absolute atomic E-state index is 0.0620. The zero-order chi connectivity index (χ0) is 17.8. The average Bonchev–Trinajstić information content (AvgIpc) is 3.43.